The molecule has 1 heterocycles. The Labute approximate surface area is 194 Å². The van der Waals surface area contributed by atoms with Crippen molar-refractivity contribution in [2.45, 2.75) is 76.4 Å². The average Bonchev–Trinajstić information content (AvgIpc) is 3.16. The molecule has 0 radical (unpaired) electrons. The first-order valence-electron chi connectivity index (χ1n) is 11.7. The number of nitrogens with one attached hydrogen (secondary N) is 2. The standard InChI is InChI=1S/C23H32FN3O5S/c1-33(29,30)27-20-8-7-16(13-19(20)24)15-25-22(28)31-21-14-23(32-26-21)11-9-18(10-12-23)17-5-3-2-4-6-17/h7-8,13,17-18,27H,2-6,9-12,14-15H2,1H3,(H,25,28). The first-order chi connectivity index (χ1) is 15.7. The molecule has 1 aromatic carbocycles. The molecule has 0 atom stereocenters. The first-order valence-corrected chi connectivity index (χ1v) is 13.6. The number of hydrogen-bond acceptors (Lipinski definition) is 6. The molecule has 3 aliphatic rings. The number of rotatable bonds is 5. The molecule has 0 bridgehead atoms. The van der Waals surface area contributed by atoms with Gasteiger partial charge >= 0.3 is 6.09 Å². The predicted octanol–water partition coefficient (Wildman–Crippen LogP) is 4.67. The van der Waals surface area contributed by atoms with Gasteiger partial charge in [-0.15, -0.1) is 0 Å². The molecular weight excluding hydrogens is 449 g/mol. The van der Waals surface area contributed by atoms with Crippen LogP contribution >= 0.6 is 0 Å². The van der Waals surface area contributed by atoms with Gasteiger partial charge in [0.1, 0.15) is 11.4 Å². The number of ether oxygens (including phenoxy) is 1. The summed E-state index contributed by atoms with van der Waals surface area (Å²) >= 11 is 0. The van der Waals surface area contributed by atoms with E-state index in [1.54, 1.807) is 0 Å². The van der Waals surface area contributed by atoms with Crippen molar-refractivity contribution in [3.05, 3.63) is 29.6 Å². The van der Waals surface area contributed by atoms with Crippen LogP contribution < -0.4 is 10.0 Å². The van der Waals surface area contributed by atoms with Crippen molar-refractivity contribution < 1.29 is 27.2 Å². The van der Waals surface area contributed by atoms with Gasteiger partial charge < -0.3 is 14.9 Å². The smallest absolute Gasteiger partial charge is 0.392 e. The molecule has 2 fully saturated rings. The molecule has 0 aromatic heterocycles. The maximum absolute atomic E-state index is 14.1. The Bertz CT molecular complexity index is 999. The molecule has 1 aromatic rings. The number of alkyl carbamates (subject to hydrolysis) is 1. The van der Waals surface area contributed by atoms with Crippen molar-refractivity contribution in [3.63, 3.8) is 0 Å². The van der Waals surface area contributed by atoms with Crippen LogP contribution in [0.5, 0.6) is 0 Å². The topological polar surface area (TPSA) is 106 Å². The minimum Gasteiger partial charge on any atom is -0.392 e. The zero-order chi connectivity index (χ0) is 23.5. The van der Waals surface area contributed by atoms with Crippen molar-refractivity contribution in [2.75, 3.05) is 11.0 Å². The molecule has 2 saturated carbocycles. The maximum atomic E-state index is 14.1. The Morgan fingerprint density at radius 2 is 1.88 bits per heavy atom. The minimum atomic E-state index is -3.58. The van der Waals surface area contributed by atoms with Gasteiger partial charge in [-0.1, -0.05) is 43.3 Å². The van der Waals surface area contributed by atoms with Crippen molar-refractivity contribution in [2.24, 2.45) is 17.0 Å². The summed E-state index contributed by atoms with van der Waals surface area (Å²) in [4.78, 5) is 17.9. The van der Waals surface area contributed by atoms with Gasteiger partial charge in [-0.2, -0.15) is 0 Å². The first kappa shape index (κ1) is 23.8. The lowest BCUT2D eigenvalue weighted by molar-refractivity contribution is -0.0607. The average molecular weight is 482 g/mol. The van der Waals surface area contributed by atoms with E-state index in [-0.39, 0.29) is 23.7 Å². The summed E-state index contributed by atoms with van der Waals surface area (Å²) in [5, 5.41) is 6.57. The lowest BCUT2D eigenvalue weighted by atomic mass is 9.69. The van der Waals surface area contributed by atoms with E-state index in [4.69, 9.17) is 9.57 Å². The van der Waals surface area contributed by atoms with Crippen LogP contribution in [-0.4, -0.2) is 32.3 Å². The highest BCUT2D eigenvalue weighted by Gasteiger charge is 2.45. The highest BCUT2D eigenvalue weighted by molar-refractivity contribution is 7.92. The van der Waals surface area contributed by atoms with E-state index in [1.165, 1.54) is 44.2 Å². The Kier molecular flexibility index (Phi) is 7.11. The van der Waals surface area contributed by atoms with Gasteiger partial charge in [0.15, 0.2) is 0 Å². The Morgan fingerprint density at radius 1 is 1.18 bits per heavy atom. The second-order valence-corrected chi connectivity index (χ2v) is 11.4. The van der Waals surface area contributed by atoms with E-state index in [9.17, 15) is 17.6 Å². The molecule has 10 heteroatoms. The molecule has 1 aliphatic heterocycles. The third-order valence-corrected chi connectivity index (χ3v) is 7.64. The quantitative estimate of drug-likeness (QED) is 0.636. The van der Waals surface area contributed by atoms with Gasteiger partial charge in [-0.3, -0.25) is 4.72 Å². The third-order valence-electron chi connectivity index (χ3n) is 7.05. The molecule has 1 spiro atoms. The number of sulfonamides is 1. The fraction of sp³-hybridized carbons (Fsp3) is 0.652. The van der Waals surface area contributed by atoms with Crippen LogP contribution in [-0.2, 0) is 26.1 Å². The van der Waals surface area contributed by atoms with Crippen LogP contribution in [0.3, 0.4) is 0 Å². The van der Waals surface area contributed by atoms with Gasteiger partial charge in [-0.05, 0) is 55.2 Å². The summed E-state index contributed by atoms with van der Waals surface area (Å²) in [7, 11) is -3.58. The summed E-state index contributed by atoms with van der Waals surface area (Å²) in [6.07, 6.45) is 11.6. The van der Waals surface area contributed by atoms with Crippen LogP contribution in [0.4, 0.5) is 14.9 Å². The van der Waals surface area contributed by atoms with Crippen molar-refractivity contribution in [3.8, 4) is 0 Å². The predicted molar refractivity (Wildman–Crippen MR) is 123 cm³/mol. The highest BCUT2D eigenvalue weighted by atomic mass is 32.2. The summed E-state index contributed by atoms with van der Waals surface area (Å²) in [5.74, 6) is 1.16. The Balaban J connectivity index is 1.21. The number of carbonyl (C=O) groups is 1. The summed E-state index contributed by atoms with van der Waals surface area (Å²) in [6, 6.07) is 3.98. The van der Waals surface area contributed by atoms with Crippen LogP contribution in [0.2, 0.25) is 0 Å². The molecule has 0 unspecified atom stereocenters. The van der Waals surface area contributed by atoms with Crippen LogP contribution in [0.25, 0.3) is 0 Å². The molecule has 0 saturated heterocycles. The van der Waals surface area contributed by atoms with Crippen molar-refractivity contribution in [1.29, 1.82) is 0 Å². The van der Waals surface area contributed by atoms with E-state index >= 15 is 0 Å². The van der Waals surface area contributed by atoms with E-state index in [0.717, 1.165) is 49.8 Å². The van der Waals surface area contributed by atoms with Gasteiger partial charge in [0.05, 0.1) is 18.4 Å². The van der Waals surface area contributed by atoms with Crippen LogP contribution in [0.1, 0.15) is 69.8 Å². The van der Waals surface area contributed by atoms with Gasteiger partial charge in [0.25, 0.3) is 0 Å². The lowest BCUT2D eigenvalue weighted by Gasteiger charge is -2.39. The third kappa shape index (κ3) is 6.37. The second kappa shape index (κ2) is 9.87. The summed E-state index contributed by atoms with van der Waals surface area (Å²) in [5.41, 5.74) is -0.0396. The fourth-order valence-electron chi connectivity index (χ4n) is 5.32. The van der Waals surface area contributed by atoms with Crippen LogP contribution in [0, 0.1) is 17.7 Å². The number of amides is 1. The zero-order valence-electron chi connectivity index (χ0n) is 18.9. The van der Waals surface area contributed by atoms with E-state index in [0.29, 0.717) is 12.0 Å². The molecule has 182 valence electrons. The minimum absolute atomic E-state index is 0.0251. The van der Waals surface area contributed by atoms with Gasteiger partial charge in [-0.25, -0.2) is 17.6 Å². The Hall–Kier alpha value is -2.36. The molecule has 1 amide bonds. The van der Waals surface area contributed by atoms with Crippen LogP contribution in [0.15, 0.2) is 23.4 Å². The summed E-state index contributed by atoms with van der Waals surface area (Å²) in [6.45, 7) is 0.0251. The molecule has 33 heavy (non-hydrogen) atoms. The van der Waals surface area contributed by atoms with E-state index in [2.05, 4.69) is 15.2 Å². The number of nitrogens with zero attached hydrogens (tertiary/aromatic N) is 1. The number of carbonyl (C=O) groups excluding carboxylic acids is 1. The molecule has 8 nitrogen and oxygen atoms in total. The zero-order valence-corrected chi connectivity index (χ0v) is 19.8. The maximum Gasteiger partial charge on any atom is 0.414 e. The lowest BCUT2D eigenvalue weighted by Crippen LogP contribution is -2.37. The van der Waals surface area contributed by atoms with E-state index in [1.807, 2.05) is 0 Å². The monoisotopic (exact) mass is 481 g/mol. The fourth-order valence-corrected chi connectivity index (χ4v) is 5.89. The molecular formula is C23H32FN3O5S. The number of halogens is 1. The molecule has 2 N–H and O–H groups in total. The highest BCUT2D eigenvalue weighted by Crippen LogP contribution is 2.45. The number of oxime groups is 1. The van der Waals surface area contributed by atoms with Gasteiger partial charge in [0.2, 0.25) is 15.9 Å². The van der Waals surface area contributed by atoms with Crippen molar-refractivity contribution >= 4 is 27.7 Å². The van der Waals surface area contributed by atoms with Gasteiger partial charge in [0, 0.05) is 6.54 Å². The normalized spacial score (nSPS) is 25.9. The number of anilines is 1. The SMILES string of the molecule is CS(=O)(=O)Nc1ccc(CNC(=O)OC2=NOC3(CCC(C4CCCCC4)CC3)C2)cc1F. The molecule has 2 aliphatic carbocycles. The van der Waals surface area contributed by atoms with Crippen molar-refractivity contribution in [1.82, 2.24) is 5.32 Å². The number of benzene rings is 1. The second-order valence-electron chi connectivity index (χ2n) is 9.60. The molecule has 4 rings (SSSR count). The summed E-state index contributed by atoms with van der Waals surface area (Å²) < 4.78 is 44.0. The number of hydrogen-bond donors (Lipinski definition) is 2. The Morgan fingerprint density at radius 3 is 2.55 bits per heavy atom. The van der Waals surface area contributed by atoms with E-state index < -0.39 is 21.9 Å². The largest absolute Gasteiger partial charge is 0.414 e.